The summed E-state index contributed by atoms with van der Waals surface area (Å²) in [6.45, 7) is 4.12. The molecule has 0 saturated heterocycles. The van der Waals surface area contributed by atoms with Crippen LogP contribution >= 0.6 is 11.3 Å². The van der Waals surface area contributed by atoms with Gasteiger partial charge in [-0.1, -0.05) is 6.92 Å². The number of nitrogens with zero attached hydrogens (tertiary/aromatic N) is 1. The number of carbonyl (C=O) groups excluding carboxylic acids is 1. The van der Waals surface area contributed by atoms with Gasteiger partial charge in [0.1, 0.15) is 0 Å². The van der Waals surface area contributed by atoms with E-state index in [0.717, 1.165) is 30.1 Å². The maximum atomic E-state index is 11.4. The van der Waals surface area contributed by atoms with Crippen molar-refractivity contribution in [1.29, 1.82) is 0 Å². The molecule has 1 amide bonds. The molecule has 0 bridgehead atoms. The second-order valence-corrected chi connectivity index (χ2v) is 4.84. The van der Waals surface area contributed by atoms with E-state index in [9.17, 15) is 4.79 Å². The summed E-state index contributed by atoms with van der Waals surface area (Å²) in [5.41, 5.74) is 1.10. The minimum atomic E-state index is 0.140. The van der Waals surface area contributed by atoms with Crippen LogP contribution in [0, 0.1) is 12.8 Å². The Kier molecular flexibility index (Phi) is 2.54. The van der Waals surface area contributed by atoms with Gasteiger partial charge in [-0.25, -0.2) is 4.98 Å². The van der Waals surface area contributed by atoms with Crippen LogP contribution in [0.25, 0.3) is 0 Å². The lowest BCUT2D eigenvalue weighted by atomic mass is 10.3. The highest BCUT2D eigenvalue weighted by Crippen LogP contribution is 2.31. The van der Waals surface area contributed by atoms with Crippen LogP contribution in [-0.4, -0.2) is 10.9 Å². The number of hydrogen-bond donors (Lipinski definition) is 1. The quantitative estimate of drug-likeness (QED) is 0.832. The number of thiazole rings is 1. The van der Waals surface area contributed by atoms with Gasteiger partial charge in [0.15, 0.2) is 5.13 Å². The number of amides is 1. The Bertz CT molecular complexity index is 355. The lowest BCUT2D eigenvalue weighted by molar-refractivity contribution is -0.117. The average Bonchev–Trinajstić information content (AvgIpc) is 2.92. The molecule has 1 aliphatic rings. The van der Waals surface area contributed by atoms with E-state index in [1.807, 2.05) is 6.92 Å². The van der Waals surface area contributed by atoms with Gasteiger partial charge in [0.05, 0.1) is 5.69 Å². The number of rotatable bonds is 3. The predicted molar refractivity (Wildman–Crippen MR) is 57.6 cm³/mol. The van der Waals surface area contributed by atoms with Gasteiger partial charge < -0.3 is 5.32 Å². The number of carbonyl (C=O) groups is 1. The van der Waals surface area contributed by atoms with Crippen LogP contribution < -0.4 is 5.32 Å². The number of hydrogen-bond acceptors (Lipinski definition) is 3. The summed E-state index contributed by atoms with van der Waals surface area (Å²) in [4.78, 5) is 17.0. The van der Waals surface area contributed by atoms with E-state index in [1.54, 1.807) is 11.3 Å². The normalized spacial score (nSPS) is 15.6. The summed E-state index contributed by atoms with van der Waals surface area (Å²) in [6.07, 6.45) is 3.01. The van der Waals surface area contributed by atoms with Crippen LogP contribution in [0.3, 0.4) is 0 Å². The summed E-state index contributed by atoms with van der Waals surface area (Å²) in [6, 6.07) is 0. The minimum Gasteiger partial charge on any atom is -0.302 e. The topological polar surface area (TPSA) is 42.0 Å². The molecule has 0 aromatic carbocycles. The molecule has 2 rings (SSSR count). The lowest BCUT2D eigenvalue weighted by Gasteiger charge is -1.97. The van der Waals surface area contributed by atoms with Crippen molar-refractivity contribution in [1.82, 2.24) is 4.98 Å². The molecular weight excluding hydrogens is 196 g/mol. The molecule has 1 aliphatic carbocycles. The molecule has 0 radical (unpaired) electrons. The van der Waals surface area contributed by atoms with Gasteiger partial charge in [-0.15, -0.1) is 11.3 Å². The maximum Gasteiger partial charge on any atom is 0.229 e. The number of aryl methyl sites for hydroxylation is 2. The van der Waals surface area contributed by atoms with Gasteiger partial charge in [-0.3, -0.25) is 4.79 Å². The monoisotopic (exact) mass is 210 g/mol. The van der Waals surface area contributed by atoms with E-state index < -0.39 is 0 Å². The smallest absolute Gasteiger partial charge is 0.229 e. The molecule has 4 heteroatoms. The summed E-state index contributed by atoms with van der Waals surface area (Å²) in [5.74, 6) is 0.394. The lowest BCUT2D eigenvalue weighted by Crippen LogP contribution is -2.12. The Morgan fingerprint density at radius 2 is 2.36 bits per heavy atom. The van der Waals surface area contributed by atoms with E-state index in [0.29, 0.717) is 0 Å². The average molecular weight is 210 g/mol. The Morgan fingerprint density at radius 3 is 2.86 bits per heavy atom. The number of nitrogens with one attached hydrogen (secondary N) is 1. The summed E-state index contributed by atoms with van der Waals surface area (Å²) in [7, 11) is 0. The molecule has 1 aromatic heterocycles. The third-order valence-electron chi connectivity index (χ3n) is 2.41. The van der Waals surface area contributed by atoms with Crippen molar-refractivity contribution >= 4 is 22.4 Å². The van der Waals surface area contributed by atoms with Gasteiger partial charge in [-0.05, 0) is 26.2 Å². The van der Waals surface area contributed by atoms with Gasteiger partial charge in [0, 0.05) is 10.8 Å². The van der Waals surface area contributed by atoms with Crippen molar-refractivity contribution in [2.75, 3.05) is 5.32 Å². The van der Waals surface area contributed by atoms with Gasteiger partial charge in [-0.2, -0.15) is 0 Å². The molecule has 76 valence electrons. The maximum absolute atomic E-state index is 11.4. The van der Waals surface area contributed by atoms with E-state index in [1.165, 1.54) is 4.88 Å². The molecule has 1 fully saturated rings. The molecule has 14 heavy (non-hydrogen) atoms. The van der Waals surface area contributed by atoms with Crippen LogP contribution in [0.2, 0.25) is 0 Å². The van der Waals surface area contributed by atoms with E-state index in [4.69, 9.17) is 0 Å². The first kappa shape index (κ1) is 9.65. The molecule has 0 unspecified atom stereocenters. The highest BCUT2D eigenvalue weighted by Gasteiger charge is 2.30. The summed E-state index contributed by atoms with van der Waals surface area (Å²) < 4.78 is 0. The molecule has 0 aliphatic heterocycles. The van der Waals surface area contributed by atoms with Crippen molar-refractivity contribution in [3.05, 3.63) is 10.6 Å². The Morgan fingerprint density at radius 1 is 1.64 bits per heavy atom. The molecule has 0 atom stereocenters. The molecule has 1 heterocycles. The second kappa shape index (κ2) is 3.69. The molecule has 0 spiro atoms. The van der Waals surface area contributed by atoms with Gasteiger partial charge >= 0.3 is 0 Å². The zero-order valence-electron chi connectivity index (χ0n) is 8.46. The summed E-state index contributed by atoms with van der Waals surface area (Å²) in [5, 5.41) is 3.63. The Hall–Kier alpha value is -0.900. The van der Waals surface area contributed by atoms with Crippen molar-refractivity contribution in [3.8, 4) is 0 Å². The van der Waals surface area contributed by atoms with Crippen LogP contribution in [0.15, 0.2) is 0 Å². The van der Waals surface area contributed by atoms with Crippen molar-refractivity contribution in [2.24, 2.45) is 5.92 Å². The molecule has 3 nitrogen and oxygen atoms in total. The fourth-order valence-electron chi connectivity index (χ4n) is 1.36. The zero-order chi connectivity index (χ0) is 10.1. The fraction of sp³-hybridized carbons (Fsp3) is 0.600. The highest BCUT2D eigenvalue weighted by molar-refractivity contribution is 7.15. The van der Waals surface area contributed by atoms with Gasteiger partial charge in [0.25, 0.3) is 0 Å². The molecule has 1 saturated carbocycles. The van der Waals surface area contributed by atoms with Crippen LogP contribution in [0.5, 0.6) is 0 Å². The van der Waals surface area contributed by atoms with E-state index in [-0.39, 0.29) is 11.8 Å². The molecule has 1 N–H and O–H groups in total. The first-order chi connectivity index (χ1) is 6.70. The third kappa shape index (κ3) is 1.95. The molecular formula is C10H14N2OS. The first-order valence-electron chi connectivity index (χ1n) is 4.98. The minimum absolute atomic E-state index is 0.140. The van der Waals surface area contributed by atoms with Crippen molar-refractivity contribution < 1.29 is 4.79 Å². The SMILES string of the molecule is CCc1nc(NC(=O)C2CC2)sc1C. The fourth-order valence-corrected chi connectivity index (χ4v) is 2.27. The molecule has 1 aromatic rings. The number of anilines is 1. The predicted octanol–water partition coefficient (Wildman–Crippen LogP) is 2.36. The van der Waals surface area contributed by atoms with Crippen molar-refractivity contribution in [3.63, 3.8) is 0 Å². The largest absolute Gasteiger partial charge is 0.302 e. The van der Waals surface area contributed by atoms with Crippen LogP contribution in [-0.2, 0) is 11.2 Å². The Labute approximate surface area is 87.6 Å². The van der Waals surface area contributed by atoms with Crippen LogP contribution in [0.1, 0.15) is 30.3 Å². The first-order valence-corrected chi connectivity index (χ1v) is 5.79. The second-order valence-electron chi connectivity index (χ2n) is 3.64. The van der Waals surface area contributed by atoms with Crippen molar-refractivity contribution in [2.45, 2.75) is 33.1 Å². The number of aromatic nitrogens is 1. The highest BCUT2D eigenvalue weighted by atomic mass is 32.1. The standard InChI is InChI=1S/C10H14N2OS/c1-3-8-6(2)14-10(11-8)12-9(13)7-4-5-7/h7H,3-5H2,1-2H3,(H,11,12,13). The zero-order valence-corrected chi connectivity index (χ0v) is 9.28. The third-order valence-corrected chi connectivity index (χ3v) is 3.33. The van der Waals surface area contributed by atoms with Gasteiger partial charge in [0.2, 0.25) is 5.91 Å². The Balaban J connectivity index is 2.04. The van der Waals surface area contributed by atoms with Crippen LogP contribution in [0.4, 0.5) is 5.13 Å². The van der Waals surface area contributed by atoms with E-state index >= 15 is 0 Å². The summed E-state index contributed by atoms with van der Waals surface area (Å²) >= 11 is 1.57. The van der Waals surface area contributed by atoms with E-state index in [2.05, 4.69) is 17.2 Å².